The van der Waals surface area contributed by atoms with E-state index in [0.717, 1.165) is 103 Å². The van der Waals surface area contributed by atoms with Crippen LogP contribution in [0.1, 0.15) is 245 Å². The predicted octanol–water partition coefficient (Wildman–Crippen LogP) is 18.7. The molecular formula is C68H116NO8+. The summed E-state index contributed by atoms with van der Waals surface area (Å²) in [4.78, 5) is 37.5. The molecule has 440 valence electrons. The lowest BCUT2D eigenvalue weighted by molar-refractivity contribution is -0.870. The van der Waals surface area contributed by atoms with Gasteiger partial charge in [-0.1, -0.05) is 245 Å². The van der Waals surface area contributed by atoms with Crippen LogP contribution in [-0.2, 0) is 33.3 Å². The molecule has 0 amide bonds. The molecule has 77 heavy (non-hydrogen) atoms. The number of esters is 2. The van der Waals surface area contributed by atoms with Crippen molar-refractivity contribution in [2.24, 2.45) is 0 Å². The van der Waals surface area contributed by atoms with Crippen molar-refractivity contribution in [2.75, 3.05) is 47.5 Å². The second kappa shape index (κ2) is 58.1. The number of carbonyl (C=O) groups excluding carboxylic acids is 2. The molecule has 0 spiro atoms. The molecule has 0 saturated heterocycles. The van der Waals surface area contributed by atoms with Gasteiger partial charge < -0.3 is 28.5 Å². The van der Waals surface area contributed by atoms with E-state index < -0.39 is 24.3 Å². The zero-order chi connectivity index (χ0) is 56.2. The van der Waals surface area contributed by atoms with Gasteiger partial charge in [-0.2, -0.15) is 0 Å². The van der Waals surface area contributed by atoms with Crippen LogP contribution in [0.15, 0.2) is 109 Å². The first-order valence-corrected chi connectivity index (χ1v) is 31.1. The lowest BCUT2D eigenvalue weighted by atomic mass is 10.0. The van der Waals surface area contributed by atoms with Gasteiger partial charge in [0.2, 0.25) is 0 Å². The Balaban J connectivity index is 4.22. The summed E-state index contributed by atoms with van der Waals surface area (Å²) in [6.45, 7) is 4.65. The van der Waals surface area contributed by atoms with Crippen molar-refractivity contribution in [3.05, 3.63) is 109 Å². The van der Waals surface area contributed by atoms with E-state index in [1.54, 1.807) is 0 Å². The third kappa shape index (κ3) is 59.5. The molecule has 9 heteroatoms. The van der Waals surface area contributed by atoms with Crippen molar-refractivity contribution < 1.29 is 42.9 Å². The molecular weight excluding hydrogens is 959 g/mol. The number of hydrogen-bond acceptors (Lipinski definition) is 7. The maximum absolute atomic E-state index is 12.9. The fourth-order valence-electron chi connectivity index (χ4n) is 8.33. The summed E-state index contributed by atoms with van der Waals surface area (Å²) in [5.41, 5.74) is 0. The Kier molecular flexibility index (Phi) is 55.1. The number of allylic oxidation sites excluding steroid dienone is 18. The van der Waals surface area contributed by atoms with Crippen LogP contribution in [0.2, 0.25) is 0 Å². The Morgan fingerprint density at radius 3 is 1.04 bits per heavy atom. The first-order chi connectivity index (χ1) is 37.6. The molecule has 0 bridgehead atoms. The van der Waals surface area contributed by atoms with Gasteiger partial charge >= 0.3 is 17.9 Å². The number of unbranched alkanes of at least 4 members (excludes halogenated alkanes) is 23. The highest BCUT2D eigenvalue weighted by atomic mass is 16.7. The van der Waals surface area contributed by atoms with Crippen LogP contribution < -0.4 is 0 Å². The van der Waals surface area contributed by atoms with Crippen molar-refractivity contribution in [1.82, 2.24) is 0 Å². The molecule has 2 atom stereocenters. The van der Waals surface area contributed by atoms with Gasteiger partial charge in [0.05, 0.1) is 34.4 Å². The van der Waals surface area contributed by atoms with E-state index in [9.17, 15) is 19.5 Å². The number of carbonyl (C=O) groups is 3. The van der Waals surface area contributed by atoms with Crippen molar-refractivity contribution >= 4 is 17.9 Å². The van der Waals surface area contributed by atoms with Gasteiger partial charge in [0, 0.05) is 12.8 Å². The van der Waals surface area contributed by atoms with Gasteiger partial charge in [0.25, 0.3) is 6.29 Å². The minimum atomic E-state index is -1.52. The topological polar surface area (TPSA) is 108 Å². The van der Waals surface area contributed by atoms with Gasteiger partial charge in [0.15, 0.2) is 6.10 Å². The van der Waals surface area contributed by atoms with Crippen molar-refractivity contribution in [3.63, 3.8) is 0 Å². The Labute approximate surface area is 473 Å². The Morgan fingerprint density at radius 1 is 0.390 bits per heavy atom. The summed E-state index contributed by atoms with van der Waals surface area (Å²) < 4.78 is 22.9. The van der Waals surface area contributed by atoms with E-state index in [0.29, 0.717) is 23.9 Å². The van der Waals surface area contributed by atoms with Gasteiger partial charge in [-0.15, -0.1) is 0 Å². The predicted molar refractivity (Wildman–Crippen MR) is 327 cm³/mol. The lowest BCUT2D eigenvalue weighted by Gasteiger charge is -2.25. The average molecular weight is 1080 g/mol. The highest BCUT2D eigenvalue weighted by Gasteiger charge is 2.25. The minimum absolute atomic E-state index is 0.182. The standard InChI is InChI=1S/C68H115NO8/c1-6-8-10-12-14-16-18-20-22-24-26-28-30-32-33-35-36-38-40-42-44-46-48-50-52-54-56-58-65(70)75-62-64(63-76-68(67(72)73)74-61-60-69(3,4)5)77-66(71)59-57-55-53-51-49-47-45-43-41-39-37-34-31-29-27-25-23-21-19-17-15-13-11-9-7-2/h8-11,14-17,20-23,26-29,34,37,64,68H,6-7,12-13,18-19,24-25,30-33,35-36,38-63H2,1-5H3/p+1/b10-8-,11-9-,16-14-,17-15-,22-20-,23-21-,28-26-,29-27-,37-34-. The molecule has 0 radical (unpaired) electrons. The Bertz CT molecular complexity index is 1630. The number of hydrogen-bond donors (Lipinski definition) is 1. The summed E-state index contributed by atoms with van der Waals surface area (Å²) in [5, 5.41) is 9.72. The normalized spacial score (nSPS) is 13.5. The van der Waals surface area contributed by atoms with Gasteiger partial charge in [-0.05, 0) is 96.3 Å². The summed E-state index contributed by atoms with van der Waals surface area (Å²) in [5.74, 6) is -2.02. The van der Waals surface area contributed by atoms with Crippen LogP contribution in [-0.4, -0.2) is 87.4 Å². The SMILES string of the molecule is CC/C=C\C/C=C\C/C=C\C/C=C\C/C=C\CCCCCCCCCCCC(=O)OC(COC(=O)CCCCCCCCCCCCCCCC/C=C\C/C=C\C/C=C\C/C=C\CC)COC(OCC[N+](C)(C)C)C(=O)O. The number of carboxylic acid groups (broad SMARTS) is 1. The molecule has 0 aliphatic heterocycles. The van der Waals surface area contributed by atoms with Crippen molar-refractivity contribution in [3.8, 4) is 0 Å². The highest BCUT2D eigenvalue weighted by Crippen LogP contribution is 2.16. The zero-order valence-electron chi connectivity index (χ0n) is 50.1. The number of rotatable bonds is 56. The molecule has 2 unspecified atom stereocenters. The van der Waals surface area contributed by atoms with Gasteiger partial charge in [-0.3, -0.25) is 9.59 Å². The molecule has 0 rings (SSSR count). The van der Waals surface area contributed by atoms with Crippen LogP contribution in [0.4, 0.5) is 0 Å². The van der Waals surface area contributed by atoms with E-state index in [2.05, 4.69) is 123 Å². The Morgan fingerprint density at radius 2 is 0.701 bits per heavy atom. The molecule has 0 aromatic heterocycles. The Hall–Kier alpha value is -4.05. The average Bonchev–Trinajstić information content (AvgIpc) is 3.40. The first-order valence-electron chi connectivity index (χ1n) is 31.1. The maximum atomic E-state index is 12.9. The van der Waals surface area contributed by atoms with Gasteiger partial charge in [0.1, 0.15) is 13.2 Å². The molecule has 0 aromatic carbocycles. The molecule has 0 aromatic rings. The molecule has 0 heterocycles. The van der Waals surface area contributed by atoms with E-state index >= 15 is 0 Å². The summed E-state index contributed by atoms with van der Waals surface area (Å²) >= 11 is 0. The van der Waals surface area contributed by atoms with Crippen molar-refractivity contribution in [2.45, 2.75) is 257 Å². The van der Waals surface area contributed by atoms with E-state index in [-0.39, 0.29) is 32.2 Å². The number of aliphatic carboxylic acids is 1. The second-order valence-corrected chi connectivity index (χ2v) is 21.6. The molecule has 1 N–H and O–H groups in total. The van der Waals surface area contributed by atoms with Crippen LogP contribution in [0, 0.1) is 0 Å². The van der Waals surface area contributed by atoms with E-state index in [4.69, 9.17) is 18.9 Å². The minimum Gasteiger partial charge on any atom is -0.477 e. The number of carboxylic acids is 1. The molecule has 0 aliphatic carbocycles. The molecule has 9 nitrogen and oxygen atoms in total. The third-order valence-corrected chi connectivity index (χ3v) is 13.0. The third-order valence-electron chi connectivity index (χ3n) is 13.0. The summed E-state index contributed by atoms with van der Waals surface area (Å²) in [6, 6.07) is 0. The summed E-state index contributed by atoms with van der Waals surface area (Å²) in [6.07, 6.45) is 77.4. The highest BCUT2D eigenvalue weighted by molar-refractivity contribution is 5.71. The molecule has 0 fully saturated rings. The van der Waals surface area contributed by atoms with Gasteiger partial charge in [-0.25, -0.2) is 4.79 Å². The lowest BCUT2D eigenvalue weighted by Crippen LogP contribution is -2.40. The van der Waals surface area contributed by atoms with E-state index in [1.165, 1.54) is 109 Å². The van der Waals surface area contributed by atoms with Crippen LogP contribution in [0.25, 0.3) is 0 Å². The van der Waals surface area contributed by atoms with Crippen LogP contribution >= 0.6 is 0 Å². The monoisotopic (exact) mass is 1070 g/mol. The molecule has 0 aliphatic rings. The van der Waals surface area contributed by atoms with Crippen LogP contribution in [0.3, 0.4) is 0 Å². The first kappa shape index (κ1) is 73.0. The quantitative estimate of drug-likeness (QED) is 0.0211. The largest absolute Gasteiger partial charge is 0.477 e. The zero-order valence-corrected chi connectivity index (χ0v) is 50.1. The number of likely N-dealkylation sites (N-methyl/N-ethyl adjacent to an activating group) is 1. The van der Waals surface area contributed by atoms with Crippen molar-refractivity contribution in [1.29, 1.82) is 0 Å². The van der Waals surface area contributed by atoms with Crippen LogP contribution in [0.5, 0.6) is 0 Å². The fourth-order valence-corrected chi connectivity index (χ4v) is 8.33. The smallest absolute Gasteiger partial charge is 0.361 e. The number of nitrogens with zero attached hydrogens (tertiary/aromatic N) is 1. The number of ether oxygens (including phenoxy) is 4. The molecule has 0 saturated carbocycles. The van der Waals surface area contributed by atoms with E-state index in [1.807, 2.05) is 21.1 Å². The maximum Gasteiger partial charge on any atom is 0.361 e. The fraction of sp³-hybridized carbons (Fsp3) is 0.691. The number of quaternary nitrogens is 1. The second-order valence-electron chi connectivity index (χ2n) is 21.6. The summed E-state index contributed by atoms with van der Waals surface area (Å²) in [7, 11) is 5.97.